The third-order valence-electron chi connectivity index (χ3n) is 9.66. The molecule has 2 aromatic carbocycles. The van der Waals surface area contributed by atoms with Gasteiger partial charge in [0.25, 0.3) is 0 Å². The number of phenols is 1. The van der Waals surface area contributed by atoms with Crippen LogP contribution in [-0.4, -0.2) is 51.3 Å². The molecule has 0 aromatic heterocycles. The number of carboxylic acid groups (broad SMARTS) is 1. The Morgan fingerprint density at radius 1 is 1.10 bits per heavy atom. The molecule has 0 bridgehead atoms. The summed E-state index contributed by atoms with van der Waals surface area (Å²) in [7, 11) is 0. The highest BCUT2D eigenvalue weighted by Crippen LogP contribution is 2.64. The van der Waals surface area contributed by atoms with Crippen LogP contribution >= 0.6 is 11.6 Å². The molecule has 2 aliphatic carbocycles. The molecule has 2 aromatic rings. The normalized spacial score (nSPS) is 30.3. The number of hydrogen-bond donors (Lipinski definition) is 2. The molecule has 0 radical (unpaired) electrons. The first kappa shape index (κ1) is 28.1. The van der Waals surface area contributed by atoms with E-state index in [4.69, 9.17) is 16.7 Å². The van der Waals surface area contributed by atoms with E-state index < -0.39 is 70.4 Å². The fraction of sp³-hybridized carbons (Fsp3) is 0.387. The van der Waals surface area contributed by atoms with Gasteiger partial charge in [-0.05, 0) is 56.4 Å². The van der Waals surface area contributed by atoms with E-state index in [0.29, 0.717) is 16.7 Å². The van der Waals surface area contributed by atoms with Crippen LogP contribution < -0.4 is 4.90 Å². The van der Waals surface area contributed by atoms with E-state index >= 15 is 0 Å². The smallest absolute Gasteiger partial charge is 0.305 e. The summed E-state index contributed by atoms with van der Waals surface area (Å²) in [6.45, 7) is 3.15. The predicted octanol–water partition coefficient (Wildman–Crippen LogP) is 4.20. The number of fused-ring (bicyclic) bond motifs is 4. The first-order chi connectivity index (χ1) is 19.9. The lowest BCUT2D eigenvalue weighted by Crippen LogP contribution is -2.49. The van der Waals surface area contributed by atoms with E-state index in [1.165, 1.54) is 12.1 Å². The molecule has 3 fully saturated rings. The quantitative estimate of drug-likeness (QED) is 0.392. The van der Waals surface area contributed by atoms with Gasteiger partial charge in [0.1, 0.15) is 11.6 Å². The van der Waals surface area contributed by atoms with Crippen molar-refractivity contribution in [1.82, 2.24) is 4.90 Å². The van der Waals surface area contributed by atoms with Crippen LogP contribution in [-0.2, 0) is 24.0 Å². The van der Waals surface area contributed by atoms with Crippen LogP contribution in [0.3, 0.4) is 0 Å². The maximum Gasteiger partial charge on any atom is 0.305 e. The fourth-order valence-corrected chi connectivity index (χ4v) is 7.81. The second-order valence-corrected chi connectivity index (χ2v) is 12.2. The number of phenolic OH excluding ortho intramolecular Hbond substituents is 1. The van der Waals surface area contributed by atoms with Crippen molar-refractivity contribution in [1.29, 1.82) is 0 Å². The van der Waals surface area contributed by atoms with Crippen molar-refractivity contribution in [3.63, 3.8) is 0 Å². The van der Waals surface area contributed by atoms with Gasteiger partial charge in [0, 0.05) is 18.0 Å². The number of hydrogen-bond acceptors (Lipinski definition) is 6. The highest BCUT2D eigenvalue weighted by molar-refractivity contribution is 6.31. The van der Waals surface area contributed by atoms with Crippen molar-refractivity contribution in [2.45, 2.75) is 39.0 Å². The molecular formula is C31H28ClFN2O7. The molecule has 4 amide bonds. The number of carbonyl (C=O) groups is 5. The van der Waals surface area contributed by atoms with Crippen molar-refractivity contribution < 1.29 is 38.6 Å². The summed E-state index contributed by atoms with van der Waals surface area (Å²) in [6.07, 6.45) is 1.76. The summed E-state index contributed by atoms with van der Waals surface area (Å²) in [5.74, 6) is -7.78. The highest BCUT2D eigenvalue weighted by atomic mass is 35.5. The molecule has 218 valence electrons. The lowest BCUT2D eigenvalue weighted by Gasteiger charge is -2.49. The Morgan fingerprint density at radius 3 is 2.52 bits per heavy atom. The first-order valence-electron chi connectivity index (χ1n) is 13.8. The zero-order valence-corrected chi connectivity index (χ0v) is 23.6. The Hall–Kier alpha value is -4.05. The number of likely N-dealkylation sites (tertiary alicyclic amines) is 1. The van der Waals surface area contributed by atoms with Gasteiger partial charge in [0.15, 0.2) is 0 Å². The maximum absolute atomic E-state index is 14.3. The molecule has 0 unspecified atom stereocenters. The van der Waals surface area contributed by atoms with Gasteiger partial charge in [0.05, 0.1) is 40.3 Å². The van der Waals surface area contributed by atoms with Crippen LogP contribution in [0.1, 0.15) is 43.2 Å². The average molecular weight is 595 g/mol. The number of amides is 4. The van der Waals surface area contributed by atoms with E-state index in [-0.39, 0.29) is 42.3 Å². The standard InChI is InChI=1S/C31H28ClFN2O7/c1-14-4-3-5-18(26(14)38)25-16-7-8-17-24(29(41)34(27(17)39)11-10-23(36)37)19(16)13-20-28(40)35(30(42)31(20,25)2)15-6-9-22(33)21(32)12-15/h3-7,9,12,17,19-20,24-25,38H,8,10-11,13H2,1-2H3,(H,36,37)/t17-,19+,20-,24-,25+,31+/m0/s1. The molecule has 2 N–H and O–H groups in total. The van der Waals surface area contributed by atoms with Crippen LogP contribution in [0.15, 0.2) is 48.0 Å². The summed E-state index contributed by atoms with van der Waals surface area (Å²) < 4.78 is 14.0. The molecule has 42 heavy (non-hydrogen) atoms. The number of carbonyl (C=O) groups excluding carboxylic acids is 4. The number of imide groups is 2. The summed E-state index contributed by atoms with van der Waals surface area (Å²) >= 11 is 6.01. The van der Waals surface area contributed by atoms with E-state index in [2.05, 4.69) is 0 Å². The second-order valence-electron chi connectivity index (χ2n) is 11.7. The summed E-state index contributed by atoms with van der Waals surface area (Å²) in [5, 5.41) is 20.1. The van der Waals surface area contributed by atoms with Crippen molar-refractivity contribution in [2.24, 2.45) is 29.1 Å². The summed E-state index contributed by atoms with van der Waals surface area (Å²) in [5.41, 5.74) is 0.414. The van der Waals surface area contributed by atoms with Crippen LogP contribution in [0.25, 0.3) is 0 Å². The van der Waals surface area contributed by atoms with Crippen LogP contribution in [0.4, 0.5) is 10.1 Å². The van der Waals surface area contributed by atoms with Gasteiger partial charge in [-0.2, -0.15) is 0 Å². The zero-order valence-electron chi connectivity index (χ0n) is 22.8. The number of benzene rings is 2. The van der Waals surface area contributed by atoms with Crippen LogP contribution in [0.5, 0.6) is 5.75 Å². The Kier molecular flexibility index (Phi) is 6.53. The van der Waals surface area contributed by atoms with Crippen molar-refractivity contribution in [2.75, 3.05) is 11.4 Å². The first-order valence-corrected chi connectivity index (χ1v) is 14.1. The number of para-hydroxylation sites is 1. The monoisotopic (exact) mass is 594 g/mol. The molecule has 6 rings (SSSR count). The average Bonchev–Trinajstić information content (AvgIpc) is 3.30. The van der Waals surface area contributed by atoms with Crippen molar-refractivity contribution in [3.05, 3.63) is 70.0 Å². The van der Waals surface area contributed by atoms with Gasteiger partial charge < -0.3 is 10.2 Å². The van der Waals surface area contributed by atoms with Crippen molar-refractivity contribution >= 4 is 46.9 Å². The summed E-state index contributed by atoms with van der Waals surface area (Å²) in [6, 6.07) is 8.76. The fourth-order valence-electron chi connectivity index (χ4n) is 7.64. The molecule has 1 saturated carbocycles. The minimum absolute atomic E-state index is 0.0356. The number of aryl methyl sites for hydroxylation is 1. The Labute approximate surface area is 245 Å². The van der Waals surface area contributed by atoms with E-state index in [0.717, 1.165) is 15.9 Å². The second kappa shape index (κ2) is 9.76. The Morgan fingerprint density at radius 2 is 1.83 bits per heavy atom. The predicted molar refractivity (Wildman–Crippen MR) is 148 cm³/mol. The van der Waals surface area contributed by atoms with Crippen LogP contribution in [0, 0.1) is 41.8 Å². The van der Waals surface area contributed by atoms with E-state index in [1.807, 2.05) is 6.08 Å². The molecule has 6 atom stereocenters. The van der Waals surface area contributed by atoms with Gasteiger partial charge >= 0.3 is 5.97 Å². The molecule has 11 heteroatoms. The molecule has 4 aliphatic rings. The number of aliphatic carboxylic acids is 1. The number of allylic oxidation sites excluding steroid dienone is 2. The maximum atomic E-state index is 14.3. The third-order valence-corrected chi connectivity index (χ3v) is 9.95. The Balaban J connectivity index is 1.50. The number of aromatic hydroxyl groups is 1. The van der Waals surface area contributed by atoms with Gasteiger partial charge in [0.2, 0.25) is 23.6 Å². The van der Waals surface area contributed by atoms with Crippen LogP contribution in [0.2, 0.25) is 5.02 Å². The lowest BCUT2D eigenvalue weighted by molar-refractivity contribution is -0.142. The highest BCUT2D eigenvalue weighted by Gasteiger charge is 2.67. The Bertz CT molecular complexity index is 1620. The number of carboxylic acids is 1. The SMILES string of the molecule is Cc1cccc([C@H]2C3=CC[C@@H]4C(=O)N(CCC(=O)O)C(=O)[C@@H]4[C@@H]3C[C@H]3C(=O)N(c4ccc(F)c(Cl)c4)C(=O)[C@@]23C)c1O. The lowest BCUT2D eigenvalue weighted by atomic mass is 9.51. The molecular weight excluding hydrogens is 567 g/mol. The van der Waals surface area contributed by atoms with Gasteiger partial charge in [-0.15, -0.1) is 0 Å². The van der Waals surface area contributed by atoms with Crippen molar-refractivity contribution in [3.8, 4) is 5.75 Å². The number of rotatable bonds is 5. The number of anilines is 1. The van der Waals surface area contributed by atoms with Gasteiger partial charge in [-0.1, -0.05) is 41.4 Å². The van der Waals surface area contributed by atoms with Gasteiger partial charge in [-0.3, -0.25) is 28.9 Å². The minimum Gasteiger partial charge on any atom is -0.507 e. The number of nitrogens with zero attached hydrogens (tertiary/aromatic N) is 2. The molecule has 0 spiro atoms. The summed E-state index contributed by atoms with van der Waals surface area (Å²) in [4.78, 5) is 68.6. The molecule has 9 nitrogen and oxygen atoms in total. The molecule has 2 saturated heterocycles. The largest absolute Gasteiger partial charge is 0.507 e. The number of halogens is 2. The van der Waals surface area contributed by atoms with Gasteiger partial charge in [-0.25, -0.2) is 9.29 Å². The molecule has 2 aliphatic heterocycles. The van der Waals surface area contributed by atoms with E-state index in [1.54, 1.807) is 32.0 Å². The third kappa shape index (κ3) is 3.84. The zero-order chi connectivity index (χ0) is 30.2. The topological polar surface area (TPSA) is 132 Å². The molecule has 2 heterocycles. The minimum atomic E-state index is -1.38. The van der Waals surface area contributed by atoms with E-state index in [9.17, 15) is 33.5 Å².